The van der Waals surface area contributed by atoms with Crippen molar-refractivity contribution >= 4 is 15.9 Å². The van der Waals surface area contributed by atoms with Gasteiger partial charge in [-0.2, -0.15) is 0 Å². The van der Waals surface area contributed by atoms with Crippen LogP contribution in [0.2, 0.25) is 0 Å². The van der Waals surface area contributed by atoms with Crippen LogP contribution in [0.25, 0.3) is 6.08 Å². The highest BCUT2D eigenvalue weighted by Crippen LogP contribution is 2.21. The van der Waals surface area contributed by atoms with Gasteiger partial charge in [-0.15, -0.1) is 0 Å². The maximum absolute atomic E-state index is 11.7. The largest absolute Gasteiger partial charge is 0.224 e. The average molecular weight is 194 g/mol. The second-order valence-electron chi connectivity index (χ2n) is 3.05. The molecule has 0 bridgehead atoms. The molecule has 0 unspecified atom stereocenters. The molecule has 0 amide bonds. The van der Waals surface area contributed by atoms with Crippen molar-refractivity contribution in [3.8, 4) is 0 Å². The number of allylic oxidation sites excluding steroid dienone is 1. The summed E-state index contributed by atoms with van der Waals surface area (Å²) in [5.41, 5.74) is 0.806. The number of rotatable bonds is 0. The van der Waals surface area contributed by atoms with Crippen LogP contribution in [0, 0.1) is 0 Å². The summed E-state index contributed by atoms with van der Waals surface area (Å²) in [5, 5.41) is 0. The highest BCUT2D eigenvalue weighted by molar-refractivity contribution is 7.91. The van der Waals surface area contributed by atoms with Crippen LogP contribution in [-0.2, 0) is 9.84 Å². The van der Waals surface area contributed by atoms with E-state index < -0.39 is 9.84 Å². The number of benzene rings is 1. The van der Waals surface area contributed by atoms with Crippen LogP contribution in [-0.4, -0.2) is 14.2 Å². The summed E-state index contributed by atoms with van der Waals surface area (Å²) in [6.07, 6.45) is 4.39. The first-order valence-corrected chi connectivity index (χ1v) is 5.84. The highest BCUT2D eigenvalue weighted by atomic mass is 32.2. The van der Waals surface area contributed by atoms with E-state index in [0.717, 1.165) is 5.56 Å². The van der Waals surface area contributed by atoms with Gasteiger partial charge in [0.05, 0.1) is 10.6 Å². The third-order valence-electron chi connectivity index (χ3n) is 2.10. The Bertz CT molecular complexity index is 444. The normalized spacial score (nSPS) is 19.1. The third-order valence-corrected chi connectivity index (χ3v) is 3.92. The first-order valence-electron chi connectivity index (χ1n) is 4.18. The van der Waals surface area contributed by atoms with E-state index in [9.17, 15) is 8.42 Å². The molecule has 0 spiro atoms. The molecule has 1 aliphatic rings. The minimum absolute atomic E-state index is 0.223. The minimum atomic E-state index is -3.04. The molecule has 0 aliphatic carbocycles. The lowest BCUT2D eigenvalue weighted by molar-refractivity contribution is 0.596. The Morgan fingerprint density at radius 3 is 2.77 bits per heavy atom. The molecule has 0 atom stereocenters. The summed E-state index contributed by atoms with van der Waals surface area (Å²) in [4.78, 5) is 0.462. The standard InChI is InChI=1S/C10H10O2S/c11-13(12)8-4-3-6-9-5-1-2-7-10(9)13/h1-3,5-7H,4,8H2. The van der Waals surface area contributed by atoms with Crippen LogP contribution in [0.1, 0.15) is 12.0 Å². The van der Waals surface area contributed by atoms with E-state index in [2.05, 4.69) is 0 Å². The van der Waals surface area contributed by atoms with Crippen LogP contribution in [0.5, 0.6) is 0 Å². The third kappa shape index (κ3) is 1.52. The van der Waals surface area contributed by atoms with Gasteiger partial charge in [0.25, 0.3) is 0 Å². The lowest BCUT2D eigenvalue weighted by Crippen LogP contribution is -2.05. The molecule has 0 saturated heterocycles. The molecule has 0 fully saturated rings. The Balaban J connectivity index is 2.70. The van der Waals surface area contributed by atoms with Crippen molar-refractivity contribution in [3.63, 3.8) is 0 Å². The topological polar surface area (TPSA) is 34.1 Å². The Hall–Kier alpha value is -1.09. The second kappa shape index (κ2) is 3.00. The van der Waals surface area contributed by atoms with Crippen molar-refractivity contribution in [2.24, 2.45) is 0 Å². The molecule has 1 aromatic rings. The predicted molar refractivity (Wildman–Crippen MR) is 52.1 cm³/mol. The fourth-order valence-corrected chi connectivity index (χ4v) is 2.89. The van der Waals surface area contributed by atoms with Crippen molar-refractivity contribution in [1.82, 2.24) is 0 Å². The minimum Gasteiger partial charge on any atom is -0.224 e. The maximum Gasteiger partial charge on any atom is 0.179 e. The molecule has 2 rings (SSSR count). The monoisotopic (exact) mass is 194 g/mol. The van der Waals surface area contributed by atoms with E-state index in [4.69, 9.17) is 0 Å². The number of hydrogen-bond donors (Lipinski definition) is 0. The van der Waals surface area contributed by atoms with Gasteiger partial charge in [-0.3, -0.25) is 0 Å². The molecule has 0 N–H and O–H groups in total. The van der Waals surface area contributed by atoms with Crippen molar-refractivity contribution in [1.29, 1.82) is 0 Å². The van der Waals surface area contributed by atoms with E-state index in [1.807, 2.05) is 24.3 Å². The van der Waals surface area contributed by atoms with Crippen LogP contribution >= 0.6 is 0 Å². The zero-order chi connectivity index (χ0) is 9.31. The van der Waals surface area contributed by atoms with Crippen molar-refractivity contribution in [2.45, 2.75) is 11.3 Å². The van der Waals surface area contributed by atoms with Crippen LogP contribution in [0.4, 0.5) is 0 Å². The van der Waals surface area contributed by atoms with E-state index in [1.54, 1.807) is 12.1 Å². The Morgan fingerprint density at radius 1 is 1.15 bits per heavy atom. The van der Waals surface area contributed by atoms with Gasteiger partial charge in [-0.25, -0.2) is 8.42 Å². The van der Waals surface area contributed by atoms with E-state index >= 15 is 0 Å². The first-order chi connectivity index (χ1) is 6.20. The molecule has 0 saturated carbocycles. The molecule has 68 valence electrons. The summed E-state index contributed by atoms with van der Waals surface area (Å²) in [6.45, 7) is 0. The van der Waals surface area contributed by atoms with Gasteiger partial charge in [-0.1, -0.05) is 30.4 Å². The molecule has 0 radical (unpaired) electrons. The molecular weight excluding hydrogens is 184 g/mol. The van der Waals surface area contributed by atoms with Crippen molar-refractivity contribution < 1.29 is 8.42 Å². The summed E-state index contributed by atoms with van der Waals surface area (Å²) in [7, 11) is -3.04. The SMILES string of the molecule is O=S1(=O)CCC=Cc2ccccc21. The van der Waals surface area contributed by atoms with Gasteiger partial charge in [0.2, 0.25) is 0 Å². The number of hydrogen-bond acceptors (Lipinski definition) is 2. The predicted octanol–water partition coefficient (Wildman–Crippen LogP) is 1.88. The summed E-state index contributed by atoms with van der Waals surface area (Å²) < 4.78 is 23.3. The van der Waals surface area contributed by atoms with Crippen LogP contribution in [0.15, 0.2) is 35.2 Å². The van der Waals surface area contributed by atoms with Gasteiger partial charge < -0.3 is 0 Å². The molecule has 1 aromatic carbocycles. The fraction of sp³-hybridized carbons (Fsp3) is 0.200. The van der Waals surface area contributed by atoms with Gasteiger partial charge in [0, 0.05) is 0 Å². The van der Waals surface area contributed by atoms with Crippen LogP contribution in [0.3, 0.4) is 0 Å². The van der Waals surface area contributed by atoms with E-state index in [1.165, 1.54) is 0 Å². The average Bonchev–Trinajstić information content (AvgIpc) is 2.26. The first kappa shape index (κ1) is 8.51. The smallest absolute Gasteiger partial charge is 0.179 e. The van der Waals surface area contributed by atoms with Crippen LogP contribution < -0.4 is 0 Å². The lowest BCUT2D eigenvalue weighted by Gasteiger charge is -2.02. The van der Waals surface area contributed by atoms with Crippen molar-refractivity contribution in [3.05, 3.63) is 35.9 Å². The fourth-order valence-electron chi connectivity index (χ4n) is 1.44. The van der Waals surface area contributed by atoms with Gasteiger partial charge in [0.1, 0.15) is 0 Å². The maximum atomic E-state index is 11.7. The Kier molecular flexibility index (Phi) is 1.96. The molecular formula is C10H10O2S. The van der Waals surface area contributed by atoms with Gasteiger partial charge >= 0.3 is 0 Å². The van der Waals surface area contributed by atoms with Crippen molar-refractivity contribution in [2.75, 3.05) is 5.75 Å². The molecule has 2 nitrogen and oxygen atoms in total. The molecule has 3 heteroatoms. The quantitative estimate of drug-likeness (QED) is 0.632. The zero-order valence-corrected chi connectivity index (χ0v) is 7.92. The van der Waals surface area contributed by atoms with E-state index in [0.29, 0.717) is 11.3 Å². The number of sulfone groups is 1. The molecule has 1 aliphatic heterocycles. The summed E-state index contributed by atoms with van der Waals surface area (Å²) in [5.74, 6) is 0.223. The summed E-state index contributed by atoms with van der Waals surface area (Å²) >= 11 is 0. The molecule has 1 heterocycles. The van der Waals surface area contributed by atoms with Gasteiger partial charge in [0.15, 0.2) is 9.84 Å². The highest BCUT2D eigenvalue weighted by Gasteiger charge is 2.17. The molecule has 13 heavy (non-hydrogen) atoms. The Labute approximate surface area is 77.8 Å². The zero-order valence-electron chi connectivity index (χ0n) is 7.10. The second-order valence-corrected chi connectivity index (χ2v) is 5.13. The molecule has 0 aromatic heterocycles. The number of fused-ring (bicyclic) bond motifs is 1. The van der Waals surface area contributed by atoms with E-state index in [-0.39, 0.29) is 5.75 Å². The summed E-state index contributed by atoms with van der Waals surface area (Å²) in [6, 6.07) is 7.11. The lowest BCUT2D eigenvalue weighted by atomic mass is 10.2. The Morgan fingerprint density at radius 2 is 1.92 bits per heavy atom. The van der Waals surface area contributed by atoms with Gasteiger partial charge in [-0.05, 0) is 18.1 Å².